The standard InChI is InChI=1S/C9H17N3O4/c1-5(2)12(4-7(10)13)9(16)11-6(3)8(14)15/h5-6H,4H2,1-3H3,(H2,10,13)(H,11,16)(H,14,15). The molecule has 0 aliphatic carbocycles. The largest absolute Gasteiger partial charge is 0.480 e. The van der Waals surface area contributed by atoms with Crippen LogP contribution < -0.4 is 11.1 Å². The van der Waals surface area contributed by atoms with Gasteiger partial charge in [0.15, 0.2) is 0 Å². The number of hydrogen-bond donors (Lipinski definition) is 3. The smallest absolute Gasteiger partial charge is 0.325 e. The van der Waals surface area contributed by atoms with E-state index in [-0.39, 0.29) is 12.6 Å². The second kappa shape index (κ2) is 5.94. The van der Waals surface area contributed by atoms with Crippen LogP contribution in [0.2, 0.25) is 0 Å². The summed E-state index contributed by atoms with van der Waals surface area (Å²) in [5, 5.41) is 10.9. The van der Waals surface area contributed by atoms with Crippen molar-refractivity contribution in [3.05, 3.63) is 0 Å². The molecular formula is C9H17N3O4. The molecule has 92 valence electrons. The molecule has 0 aliphatic rings. The molecule has 0 saturated carbocycles. The average Bonchev–Trinajstić information content (AvgIpc) is 2.12. The fourth-order valence-electron chi connectivity index (χ4n) is 0.987. The second-order valence-electron chi connectivity index (χ2n) is 3.70. The van der Waals surface area contributed by atoms with Gasteiger partial charge in [0, 0.05) is 6.04 Å². The molecule has 0 radical (unpaired) electrons. The number of nitrogens with two attached hydrogens (primary N) is 1. The van der Waals surface area contributed by atoms with Gasteiger partial charge < -0.3 is 21.1 Å². The van der Waals surface area contributed by atoms with Crippen LogP contribution in [0.1, 0.15) is 20.8 Å². The zero-order chi connectivity index (χ0) is 12.9. The quantitative estimate of drug-likeness (QED) is 0.584. The van der Waals surface area contributed by atoms with Crippen LogP contribution in [-0.2, 0) is 9.59 Å². The molecule has 0 aliphatic heterocycles. The van der Waals surface area contributed by atoms with Crippen molar-refractivity contribution in [3.63, 3.8) is 0 Å². The third-order valence-electron chi connectivity index (χ3n) is 1.92. The van der Waals surface area contributed by atoms with E-state index in [2.05, 4.69) is 5.32 Å². The summed E-state index contributed by atoms with van der Waals surface area (Å²) in [7, 11) is 0. The lowest BCUT2D eigenvalue weighted by Crippen LogP contribution is -2.51. The lowest BCUT2D eigenvalue weighted by atomic mass is 10.3. The topological polar surface area (TPSA) is 113 Å². The number of carbonyl (C=O) groups excluding carboxylic acids is 2. The van der Waals surface area contributed by atoms with Gasteiger partial charge >= 0.3 is 12.0 Å². The second-order valence-corrected chi connectivity index (χ2v) is 3.70. The van der Waals surface area contributed by atoms with Gasteiger partial charge in [-0.2, -0.15) is 0 Å². The van der Waals surface area contributed by atoms with E-state index in [1.165, 1.54) is 11.8 Å². The van der Waals surface area contributed by atoms with Gasteiger partial charge in [0.05, 0.1) is 0 Å². The summed E-state index contributed by atoms with van der Waals surface area (Å²) in [4.78, 5) is 34.0. The SMILES string of the molecule is CC(NC(=O)N(CC(N)=O)C(C)C)C(=O)O. The number of nitrogens with one attached hydrogen (secondary N) is 1. The van der Waals surface area contributed by atoms with Crippen LogP contribution in [0.5, 0.6) is 0 Å². The van der Waals surface area contributed by atoms with E-state index >= 15 is 0 Å². The highest BCUT2D eigenvalue weighted by atomic mass is 16.4. The van der Waals surface area contributed by atoms with Gasteiger partial charge in [0.2, 0.25) is 5.91 Å². The van der Waals surface area contributed by atoms with Crippen molar-refractivity contribution in [1.29, 1.82) is 0 Å². The van der Waals surface area contributed by atoms with Crippen molar-refractivity contribution >= 4 is 17.9 Å². The lowest BCUT2D eigenvalue weighted by molar-refractivity contribution is -0.138. The maximum absolute atomic E-state index is 11.6. The van der Waals surface area contributed by atoms with Crippen molar-refractivity contribution in [1.82, 2.24) is 10.2 Å². The van der Waals surface area contributed by atoms with Crippen molar-refractivity contribution < 1.29 is 19.5 Å². The highest BCUT2D eigenvalue weighted by Gasteiger charge is 2.22. The molecule has 1 unspecified atom stereocenters. The van der Waals surface area contributed by atoms with Crippen LogP contribution >= 0.6 is 0 Å². The first-order valence-corrected chi connectivity index (χ1v) is 4.84. The van der Waals surface area contributed by atoms with Crippen molar-refractivity contribution in [2.75, 3.05) is 6.54 Å². The van der Waals surface area contributed by atoms with Crippen molar-refractivity contribution in [2.24, 2.45) is 5.73 Å². The number of carboxylic acid groups (broad SMARTS) is 1. The average molecular weight is 231 g/mol. The number of urea groups is 1. The van der Waals surface area contributed by atoms with E-state index in [0.717, 1.165) is 0 Å². The molecule has 0 fully saturated rings. The molecule has 0 heterocycles. The molecule has 16 heavy (non-hydrogen) atoms. The van der Waals surface area contributed by atoms with Crippen LogP contribution in [0.15, 0.2) is 0 Å². The summed E-state index contributed by atoms with van der Waals surface area (Å²) in [6, 6.07) is -1.88. The maximum atomic E-state index is 11.6. The Balaban J connectivity index is 4.50. The maximum Gasteiger partial charge on any atom is 0.325 e. The van der Waals surface area contributed by atoms with Gasteiger partial charge in [-0.15, -0.1) is 0 Å². The van der Waals surface area contributed by atoms with E-state index < -0.39 is 23.9 Å². The number of carbonyl (C=O) groups is 3. The molecule has 0 aromatic rings. The van der Waals surface area contributed by atoms with Crippen LogP contribution in [0.25, 0.3) is 0 Å². The molecule has 4 N–H and O–H groups in total. The Morgan fingerprint density at radius 2 is 1.81 bits per heavy atom. The van der Waals surface area contributed by atoms with E-state index in [1.54, 1.807) is 13.8 Å². The molecule has 7 heteroatoms. The van der Waals surface area contributed by atoms with E-state index in [4.69, 9.17) is 10.8 Å². The van der Waals surface area contributed by atoms with Gasteiger partial charge in [-0.3, -0.25) is 9.59 Å². The van der Waals surface area contributed by atoms with Crippen LogP contribution in [0.3, 0.4) is 0 Å². The predicted molar refractivity (Wildman–Crippen MR) is 56.7 cm³/mol. The fourth-order valence-corrected chi connectivity index (χ4v) is 0.987. The number of amides is 3. The highest BCUT2D eigenvalue weighted by Crippen LogP contribution is 1.99. The number of aliphatic carboxylic acids is 1. The normalized spacial score (nSPS) is 12.0. The van der Waals surface area contributed by atoms with Crippen LogP contribution in [0.4, 0.5) is 4.79 Å². The zero-order valence-corrected chi connectivity index (χ0v) is 9.56. The van der Waals surface area contributed by atoms with E-state index in [1.807, 2.05) is 0 Å². The third kappa shape index (κ3) is 4.63. The molecule has 7 nitrogen and oxygen atoms in total. The Morgan fingerprint density at radius 1 is 1.31 bits per heavy atom. The Morgan fingerprint density at radius 3 is 2.12 bits per heavy atom. The minimum atomic E-state index is -1.14. The first-order chi connectivity index (χ1) is 7.25. The molecule has 0 spiro atoms. The third-order valence-corrected chi connectivity index (χ3v) is 1.92. The summed E-state index contributed by atoms with van der Waals surface area (Å²) in [6.45, 7) is 4.50. The Labute approximate surface area is 93.6 Å². The van der Waals surface area contributed by atoms with Crippen LogP contribution in [0, 0.1) is 0 Å². The van der Waals surface area contributed by atoms with Crippen molar-refractivity contribution in [2.45, 2.75) is 32.9 Å². The number of rotatable bonds is 5. The molecule has 0 rings (SSSR count). The first kappa shape index (κ1) is 14.2. The Bertz CT molecular complexity index is 290. The monoisotopic (exact) mass is 231 g/mol. The molecule has 0 aromatic heterocycles. The molecule has 3 amide bonds. The summed E-state index contributed by atoms with van der Waals surface area (Å²) in [5.41, 5.74) is 4.98. The van der Waals surface area contributed by atoms with Gasteiger partial charge in [0.1, 0.15) is 12.6 Å². The van der Waals surface area contributed by atoms with Gasteiger partial charge in [-0.1, -0.05) is 0 Å². The minimum Gasteiger partial charge on any atom is -0.480 e. The Hall–Kier alpha value is -1.79. The summed E-state index contributed by atoms with van der Waals surface area (Å²) in [6.07, 6.45) is 0. The number of hydrogen-bond acceptors (Lipinski definition) is 3. The summed E-state index contributed by atoms with van der Waals surface area (Å²) < 4.78 is 0. The molecular weight excluding hydrogens is 214 g/mol. The number of primary amides is 1. The lowest BCUT2D eigenvalue weighted by Gasteiger charge is -2.26. The molecule has 0 aromatic carbocycles. The molecule has 0 saturated heterocycles. The van der Waals surface area contributed by atoms with Crippen molar-refractivity contribution in [3.8, 4) is 0 Å². The highest BCUT2D eigenvalue weighted by molar-refractivity contribution is 5.86. The molecule has 0 bridgehead atoms. The summed E-state index contributed by atoms with van der Waals surface area (Å²) in [5.74, 6) is -1.79. The fraction of sp³-hybridized carbons (Fsp3) is 0.667. The van der Waals surface area contributed by atoms with E-state index in [0.29, 0.717) is 0 Å². The summed E-state index contributed by atoms with van der Waals surface area (Å²) >= 11 is 0. The number of carboxylic acids is 1. The van der Waals surface area contributed by atoms with Gasteiger partial charge in [-0.25, -0.2) is 4.79 Å². The van der Waals surface area contributed by atoms with Gasteiger partial charge in [0.25, 0.3) is 0 Å². The number of nitrogens with zero attached hydrogens (tertiary/aromatic N) is 1. The Kier molecular flexibility index (Phi) is 5.27. The van der Waals surface area contributed by atoms with Crippen LogP contribution in [-0.4, -0.2) is 46.5 Å². The predicted octanol–water partition coefficient (Wildman–Crippen LogP) is -0.635. The molecule has 1 atom stereocenters. The first-order valence-electron chi connectivity index (χ1n) is 4.84. The minimum absolute atomic E-state index is 0.240. The van der Waals surface area contributed by atoms with E-state index in [9.17, 15) is 14.4 Å². The zero-order valence-electron chi connectivity index (χ0n) is 9.56. The van der Waals surface area contributed by atoms with Gasteiger partial charge in [-0.05, 0) is 20.8 Å².